The van der Waals surface area contributed by atoms with E-state index in [4.69, 9.17) is 17.3 Å². The van der Waals surface area contributed by atoms with E-state index in [0.717, 1.165) is 5.69 Å². The van der Waals surface area contributed by atoms with Crippen LogP contribution in [0.25, 0.3) is 0 Å². The fourth-order valence-corrected chi connectivity index (χ4v) is 1.80. The molecule has 1 heterocycles. The van der Waals surface area contributed by atoms with Crippen molar-refractivity contribution < 1.29 is 4.79 Å². The molecule has 0 fully saturated rings. The first kappa shape index (κ1) is 12.4. The maximum atomic E-state index is 12.0. The summed E-state index contributed by atoms with van der Waals surface area (Å²) in [6.07, 6.45) is 1.67. The average Bonchev–Trinajstić information content (AvgIpc) is 2.32. The maximum absolute atomic E-state index is 12.0. The number of amides is 1. The van der Waals surface area contributed by atoms with E-state index < -0.39 is 0 Å². The van der Waals surface area contributed by atoms with Gasteiger partial charge in [0.1, 0.15) is 0 Å². The molecular weight excluding hydrogens is 250 g/mol. The molecule has 0 aliphatic carbocycles. The van der Waals surface area contributed by atoms with Crippen LogP contribution >= 0.6 is 11.6 Å². The van der Waals surface area contributed by atoms with E-state index in [-0.39, 0.29) is 5.91 Å². The van der Waals surface area contributed by atoms with Gasteiger partial charge < -0.3 is 11.1 Å². The van der Waals surface area contributed by atoms with Crippen LogP contribution < -0.4 is 11.1 Å². The van der Waals surface area contributed by atoms with Gasteiger partial charge in [-0.05, 0) is 37.3 Å². The SMILES string of the molecule is Cc1ncccc1NC(=O)c1ccc(N)cc1Cl. The van der Waals surface area contributed by atoms with Crippen molar-refractivity contribution in [2.45, 2.75) is 6.92 Å². The molecule has 1 aromatic carbocycles. The number of nitrogen functional groups attached to an aromatic ring is 1. The Kier molecular flexibility index (Phi) is 3.48. The summed E-state index contributed by atoms with van der Waals surface area (Å²) in [4.78, 5) is 16.1. The first-order chi connectivity index (χ1) is 8.58. The number of carbonyl (C=O) groups excluding carboxylic acids is 1. The molecule has 0 radical (unpaired) electrons. The Morgan fingerprint density at radius 2 is 2.17 bits per heavy atom. The smallest absolute Gasteiger partial charge is 0.257 e. The molecule has 4 nitrogen and oxygen atoms in total. The van der Waals surface area contributed by atoms with Crippen LogP contribution in [0.2, 0.25) is 5.02 Å². The molecule has 0 saturated heterocycles. The van der Waals surface area contributed by atoms with Crippen LogP contribution in [0.4, 0.5) is 11.4 Å². The maximum Gasteiger partial charge on any atom is 0.257 e. The standard InChI is InChI=1S/C13H12ClN3O/c1-8-12(3-2-6-16-8)17-13(18)10-5-4-9(15)7-11(10)14/h2-7H,15H2,1H3,(H,17,18). The fraction of sp³-hybridized carbons (Fsp3) is 0.0769. The summed E-state index contributed by atoms with van der Waals surface area (Å²) >= 11 is 5.97. The molecule has 92 valence electrons. The molecule has 3 N–H and O–H groups in total. The lowest BCUT2D eigenvalue weighted by molar-refractivity contribution is 0.102. The summed E-state index contributed by atoms with van der Waals surface area (Å²) in [6, 6.07) is 8.32. The summed E-state index contributed by atoms with van der Waals surface area (Å²) in [5.74, 6) is -0.281. The largest absolute Gasteiger partial charge is 0.399 e. The Morgan fingerprint density at radius 3 is 2.83 bits per heavy atom. The van der Waals surface area contributed by atoms with E-state index in [1.54, 1.807) is 36.5 Å². The van der Waals surface area contributed by atoms with Gasteiger partial charge >= 0.3 is 0 Å². The minimum atomic E-state index is -0.281. The molecule has 2 rings (SSSR count). The Hall–Kier alpha value is -2.07. The molecule has 18 heavy (non-hydrogen) atoms. The monoisotopic (exact) mass is 261 g/mol. The van der Waals surface area contributed by atoms with Crippen molar-refractivity contribution in [3.8, 4) is 0 Å². The van der Waals surface area contributed by atoms with Gasteiger partial charge in [0.25, 0.3) is 5.91 Å². The van der Waals surface area contributed by atoms with Crippen LogP contribution in [0.15, 0.2) is 36.5 Å². The zero-order chi connectivity index (χ0) is 13.1. The van der Waals surface area contributed by atoms with Gasteiger partial charge in [0.05, 0.1) is 22.0 Å². The van der Waals surface area contributed by atoms with E-state index in [0.29, 0.717) is 22.0 Å². The second-order valence-corrected chi connectivity index (χ2v) is 4.24. The van der Waals surface area contributed by atoms with Crippen molar-refractivity contribution in [2.24, 2.45) is 0 Å². The number of benzene rings is 1. The topological polar surface area (TPSA) is 68.0 Å². The number of nitrogens with one attached hydrogen (secondary N) is 1. The number of halogens is 1. The molecule has 5 heteroatoms. The number of hydrogen-bond donors (Lipinski definition) is 2. The highest BCUT2D eigenvalue weighted by Gasteiger charge is 2.11. The summed E-state index contributed by atoms with van der Waals surface area (Å²) in [6.45, 7) is 1.82. The first-order valence-corrected chi connectivity index (χ1v) is 5.73. The van der Waals surface area contributed by atoms with Gasteiger partial charge in [-0.3, -0.25) is 9.78 Å². The normalized spacial score (nSPS) is 10.1. The minimum Gasteiger partial charge on any atom is -0.399 e. The Balaban J connectivity index is 2.25. The molecule has 0 saturated carbocycles. The van der Waals surface area contributed by atoms with E-state index in [1.165, 1.54) is 0 Å². The number of anilines is 2. The Morgan fingerprint density at radius 1 is 1.39 bits per heavy atom. The third kappa shape index (κ3) is 2.60. The highest BCUT2D eigenvalue weighted by Crippen LogP contribution is 2.21. The molecule has 0 bridgehead atoms. The third-order valence-corrected chi connectivity index (χ3v) is 2.81. The molecule has 0 unspecified atom stereocenters. The number of nitrogens with two attached hydrogens (primary N) is 1. The lowest BCUT2D eigenvalue weighted by Crippen LogP contribution is -2.13. The first-order valence-electron chi connectivity index (χ1n) is 5.36. The molecule has 0 spiro atoms. The average molecular weight is 262 g/mol. The number of hydrogen-bond acceptors (Lipinski definition) is 3. The number of aryl methyl sites for hydroxylation is 1. The lowest BCUT2D eigenvalue weighted by atomic mass is 10.2. The van der Waals surface area contributed by atoms with Crippen molar-refractivity contribution in [3.05, 3.63) is 52.8 Å². The quantitative estimate of drug-likeness (QED) is 0.817. The van der Waals surface area contributed by atoms with Crippen molar-refractivity contribution in [1.82, 2.24) is 4.98 Å². The van der Waals surface area contributed by atoms with Crippen molar-refractivity contribution in [2.75, 3.05) is 11.1 Å². The third-order valence-electron chi connectivity index (χ3n) is 2.49. The van der Waals surface area contributed by atoms with Gasteiger partial charge in [0, 0.05) is 11.9 Å². The molecule has 1 aromatic heterocycles. The number of nitrogens with zero attached hydrogens (tertiary/aromatic N) is 1. The van der Waals surface area contributed by atoms with E-state index >= 15 is 0 Å². The van der Waals surface area contributed by atoms with Gasteiger partial charge in [0.2, 0.25) is 0 Å². The van der Waals surface area contributed by atoms with Crippen molar-refractivity contribution in [3.63, 3.8) is 0 Å². The zero-order valence-corrected chi connectivity index (χ0v) is 10.5. The van der Waals surface area contributed by atoms with Crippen molar-refractivity contribution in [1.29, 1.82) is 0 Å². The summed E-state index contributed by atoms with van der Waals surface area (Å²) in [7, 11) is 0. The van der Waals surface area contributed by atoms with Crippen LogP contribution in [-0.4, -0.2) is 10.9 Å². The molecular formula is C13H12ClN3O. The summed E-state index contributed by atoms with van der Waals surface area (Å²) in [5.41, 5.74) is 7.89. The van der Waals surface area contributed by atoms with E-state index in [2.05, 4.69) is 10.3 Å². The molecule has 0 aliphatic rings. The number of pyridine rings is 1. The van der Waals surface area contributed by atoms with Crippen LogP contribution in [0.3, 0.4) is 0 Å². The molecule has 0 atom stereocenters. The molecule has 0 aliphatic heterocycles. The second kappa shape index (κ2) is 5.06. The molecule has 1 amide bonds. The highest BCUT2D eigenvalue weighted by atomic mass is 35.5. The van der Waals surface area contributed by atoms with Crippen LogP contribution in [0.1, 0.15) is 16.1 Å². The Labute approximate surface area is 110 Å². The predicted octanol–water partition coefficient (Wildman–Crippen LogP) is 2.88. The minimum absolute atomic E-state index is 0.281. The summed E-state index contributed by atoms with van der Waals surface area (Å²) < 4.78 is 0. The number of rotatable bonds is 2. The van der Waals surface area contributed by atoms with Gasteiger partial charge in [-0.2, -0.15) is 0 Å². The highest BCUT2D eigenvalue weighted by molar-refractivity contribution is 6.34. The number of carbonyl (C=O) groups is 1. The predicted molar refractivity (Wildman–Crippen MR) is 72.8 cm³/mol. The second-order valence-electron chi connectivity index (χ2n) is 3.83. The van der Waals surface area contributed by atoms with Gasteiger partial charge in [0.15, 0.2) is 0 Å². The molecule has 2 aromatic rings. The van der Waals surface area contributed by atoms with Gasteiger partial charge in [-0.1, -0.05) is 11.6 Å². The van der Waals surface area contributed by atoms with Crippen LogP contribution in [0.5, 0.6) is 0 Å². The zero-order valence-electron chi connectivity index (χ0n) is 9.77. The van der Waals surface area contributed by atoms with Crippen LogP contribution in [0, 0.1) is 6.92 Å². The van der Waals surface area contributed by atoms with E-state index in [9.17, 15) is 4.79 Å². The Bertz CT molecular complexity index is 599. The number of aromatic nitrogens is 1. The van der Waals surface area contributed by atoms with Gasteiger partial charge in [-0.15, -0.1) is 0 Å². The van der Waals surface area contributed by atoms with Gasteiger partial charge in [-0.25, -0.2) is 0 Å². The lowest BCUT2D eigenvalue weighted by Gasteiger charge is -2.08. The van der Waals surface area contributed by atoms with Crippen LogP contribution in [-0.2, 0) is 0 Å². The fourth-order valence-electron chi connectivity index (χ4n) is 1.52. The van der Waals surface area contributed by atoms with Crippen molar-refractivity contribution >= 4 is 28.9 Å². The van der Waals surface area contributed by atoms with E-state index in [1.807, 2.05) is 6.92 Å². The summed E-state index contributed by atoms with van der Waals surface area (Å²) in [5, 5.41) is 3.09.